The minimum atomic E-state index is -0.0135. The van der Waals surface area contributed by atoms with Gasteiger partial charge in [0.2, 0.25) is 0 Å². The van der Waals surface area contributed by atoms with Gasteiger partial charge in [0.05, 0.1) is 6.61 Å². The fourth-order valence-electron chi connectivity index (χ4n) is 6.18. The van der Waals surface area contributed by atoms with Crippen LogP contribution in [0.25, 0.3) is 0 Å². The smallest absolute Gasteiger partial charge is 0.305 e. The van der Waals surface area contributed by atoms with Gasteiger partial charge >= 0.3 is 5.97 Å². The van der Waals surface area contributed by atoms with Gasteiger partial charge in [-0.05, 0) is 52.6 Å². The number of hydrogen-bond donors (Lipinski definition) is 0. The van der Waals surface area contributed by atoms with Gasteiger partial charge in [-0.1, -0.05) is 174 Å². The molecule has 5 nitrogen and oxygen atoms in total. The molecule has 0 rings (SSSR count). The van der Waals surface area contributed by atoms with Crippen molar-refractivity contribution in [2.75, 3.05) is 39.5 Å². The number of nitrogens with zero attached hydrogens (tertiary/aromatic N) is 2. The van der Waals surface area contributed by atoms with Crippen molar-refractivity contribution in [3.8, 4) is 0 Å². The molecule has 0 bridgehead atoms. The maximum absolute atomic E-state index is 13.1. The SMILES string of the molecule is CCCCCCCCCCN(CCCCCCCC(=O)OCCC(CCCCCC)CCCCCCCC)C(=O)SCC(C)N(C)C. The summed E-state index contributed by atoms with van der Waals surface area (Å²) in [6, 6.07) is 0.391. The first-order valence-corrected chi connectivity index (χ1v) is 21.6. The van der Waals surface area contributed by atoms with Crippen LogP contribution in [0.3, 0.4) is 0 Å². The second-order valence-corrected chi connectivity index (χ2v) is 15.6. The zero-order chi connectivity index (χ0) is 34.8. The summed E-state index contributed by atoms with van der Waals surface area (Å²) in [4.78, 5) is 29.8. The molecule has 0 fully saturated rings. The molecular formula is C41H82N2O3S. The van der Waals surface area contributed by atoms with E-state index in [1.54, 1.807) is 0 Å². The summed E-state index contributed by atoms with van der Waals surface area (Å²) < 4.78 is 5.69. The van der Waals surface area contributed by atoms with Crippen LogP contribution in [0, 0.1) is 5.92 Å². The van der Waals surface area contributed by atoms with E-state index in [0.29, 0.717) is 25.0 Å². The van der Waals surface area contributed by atoms with Crippen molar-refractivity contribution in [1.82, 2.24) is 9.80 Å². The molecule has 0 aliphatic heterocycles. The van der Waals surface area contributed by atoms with Gasteiger partial charge in [-0.25, -0.2) is 0 Å². The van der Waals surface area contributed by atoms with Crippen LogP contribution in [-0.4, -0.2) is 66.6 Å². The van der Waals surface area contributed by atoms with Crippen LogP contribution in [0.5, 0.6) is 0 Å². The van der Waals surface area contributed by atoms with E-state index in [9.17, 15) is 9.59 Å². The van der Waals surface area contributed by atoms with E-state index in [1.165, 1.54) is 134 Å². The molecule has 0 aromatic rings. The van der Waals surface area contributed by atoms with Gasteiger partial charge in [0.15, 0.2) is 0 Å². The molecule has 0 heterocycles. The summed E-state index contributed by atoms with van der Waals surface area (Å²) in [6.45, 7) is 11.4. The maximum Gasteiger partial charge on any atom is 0.305 e. The van der Waals surface area contributed by atoms with E-state index in [4.69, 9.17) is 4.74 Å². The lowest BCUT2D eigenvalue weighted by Crippen LogP contribution is -2.32. The van der Waals surface area contributed by atoms with Gasteiger partial charge in [0, 0.05) is 31.3 Å². The van der Waals surface area contributed by atoms with Crippen LogP contribution in [0.2, 0.25) is 0 Å². The van der Waals surface area contributed by atoms with Crippen LogP contribution in [0.4, 0.5) is 4.79 Å². The third-order valence-corrected chi connectivity index (χ3v) is 11.1. The van der Waals surface area contributed by atoms with Crippen molar-refractivity contribution >= 4 is 23.0 Å². The molecule has 280 valence electrons. The van der Waals surface area contributed by atoms with Crippen molar-refractivity contribution in [3.63, 3.8) is 0 Å². The number of unbranched alkanes of at least 4 members (excludes halogenated alkanes) is 19. The topological polar surface area (TPSA) is 49.9 Å². The molecular weight excluding hydrogens is 601 g/mol. The second kappa shape index (κ2) is 35.1. The predicted octanol–water partition coefficient (Wildman–Crippen LogP) is 12.8. The number of ether oxygens (including phenoxy) is 1. The number of rotatable bonds is 35. The Hall–Kier alpha value is -0.750. The number of carbonyl (C=O) groups excluding carboxylic acids is 2. The lowest BCUT2D eigenvalue weighted by atomic mass is 9.92. The van der Waals surface area contributed by atoms with Crippen LogP contribution in [0.15, 0.2) is 0 Å². The van der Waals surface area contributed by atoms with Gasteiger partial charge < -0.3 is 14.5 Å². The summed E-state index contributed by atoms with van der Waals surface area (Å²) in [5.41, 5.74) is 0. The summed E-state index contributed by atoms with van der Waals surface area (Å²) in [5.74, 6) is 1.54. The number of thioether (sulfide) groups is 1. The summed E-state index contributed by atoms with van der Waals surface area (Å²) in [6.07, 6.45) is 33.2. The Balaban J connectivity index is 4.28. The fourth-order valence-corrected chi connectivity index (χ4v) is 7.23. The highest BCUT2D eigenvalue weighted by atomic mass is 32.2. The highest BCUT2D eigenvalue weighted by Crippen LogP contribution is 2.22. The van der Waals surface area contributed by atoms with E-state index in [1.807, 2.05) is 0 Å². The highest BCUT2D eigenvalue weighted by Gasteiger charge is 2.16. The Labute approximate surface area is 298 Å². The molecule has 0 saturated heterocycles. The van der Waals surface area contributed by atoms with Gasteiger partial charge in [-0.15, -0.1) is 0 Å². The minimum absolute atomic E-state index is 0.0135. The normalized spacial score (nSPS) is 12.8. The standard InChI is InChI=1S/C41H82N2O3S/c1-7-10-13-16-18-19-23-28-34-43(41(45)47-37-38(4)42(5)6)35-29-24-20-22-27-32-40(44)46-36-33-39(30-25-15-12-9-3)31-26-21-17-14-11-8-2/h38-39H,7-37H2,1-6H3. The summed E-state index contributed by atoms with van der Waals surface area (Å²) in [5, 5.41) is 0.250. The van der Waals surface area contributed by atoms with Crippen LogP contribution in [-0.2, 0) is 9.53 Å². The zero-order valence-electron chi connectivity index (χ0n) is 32.6. The monoisotopic (exact) mass is 683 g/mol. The molecule has 0 saturated carbocycles. The largest absolute Gasteiger partial charge is 0.466 e. The van der Waals surface area contributed by atoms with Crippen LogP contribution in [0.1, 0.15) is 201 Å². The first-order valence-electron chi connectivity index (χ1n) is 20.6. The second-order valence-electron chi connectivity index (χ2n) is 14.7. The third-order valence-electron chi connectivity index (χ3n) is 9.90. The molecule has 0 aromatic carbocycles. The average molecular weight is 683 g/mol. The van der Waals surface area contributed by atoms with Crippen LogP contribution < -0.4 is 0 Å². The number of esters is 1. The van der Waals surface area contributed by atoms with Crippen molar-refractivity contribution in [1.29, 1.82) is 0 Å². The number of amides is 1. The molecule has 2 unspecified atom stereocenters. The molecule has 0 radical (unpaired) electrons. The lowest BCUT2D eigenvalue weighted by Gasteiger charge is -2.24. The quantitative estimate of drug-likeness (QED) is 0.0492. The van der Waals surface area contributed by atoms with Gasteiger partial charge in [-0.2, -0.15) is 0 Å². The van der Waals surface area contributed by atoms with E-state index in [2.05, 4.69) is 51.6 Å². The molecule has 0 N–H and O–H groups in total. The van der Waals surface area contributed by atoms with Crippen molar-refractivity contribution in [3.05, 3.63) is 0 Å². The Morgan fingerprint density at radius 3 is 1.49 bits per heavy atom. The molecule has 47 heavy (non-hydrogen) atoms. The highest BCUT2D eigenvalue weighted by molar-refractivity contribution is 8.13. The molecule has 0 aromatic heterocycles. The fraction of sp³-hybridized carbons (Fsp3) is 0.951. The van der Waals surface area contributed by atoms with Crippen LogP contribution >= 0.6 is 11.8 Å². The Morgan fingerprint density at radius 1 is 0.574 bits per heavy atom. The summed E-state index contributed by atoms with van der Waals surface area (Å²) in [7, 11) is 4.16. The lowest BCUT2D eigenvalue weighted by molar-refractivity contribution is -0.144. The van der Waals surface area contributed by atoms with Crippen molar-refractivity contribution in [2.24, 2.45) is 5.92 Å². The van der Waals surface area contributed by atoms with E-state index in [-0.39, 0.29) is 11.2 Å². The Kier molecular flexibility index (Phi) is 34.5. The van der Waals surface area contributed by atoms with Crippen molar-refractivity contribution in [2.45, 2.75) is 207 Å². The summed E-state index contributed by atoms with van der Waals surface area (Å²) >= 11 is 1.49. The maximum atomic E-state index is 13.1. The zero-order valence-corrected chi connectivity index (χ0v) is 33.4. The first-order chi connectivity index (χ1) is 22.8. The average Bonchev–Trinajstić information content (AvgIpc) is 3.06. The van der Waals surface area contributed by atoms with E-state index in [0.717, 1.165) is 63.8 Å². The van der Waals surface area contributed by atoms with Gasteiger partial charge in [-0.3, -0.25) is 9.59 Å². The predicted molar refractivity (Wildman–Crippen MR) is 209 cm³/mol. The minimum Gasteiger partial charge on any atom is -0.466 e. The van der Waals surface area contributed by atoms with E-state index >= 15 is 0 Å². The molecule has 0 aliphatic carbocycles. The van der Waals surface area contributed by atoms with Crippen molar-refractivity contribution < 1.29 is 14.3 Å². The molecule has 0 spiro atoms. The molecule has 0 aliphatic rings. The Bertz CT molecular complexity index is 690. The first kappa shape index (κ1) is 46.2. The Morgan fingerprint density at radius 2 is 1.00 bits per heavy atom. The molecule has 2 atom stereocenters. The third kappa shape index (κ3) is 31.0. The molecule has 1 amide bonds. The number of hydrogen-bond acceptors (Lipinski definition) is 5. The molecule has 6 heteroatoms. The number of carbonyl (C=O) groups is 2. The van der Waals surface area contributed by atoms with E-state index < -0.39 is 0 Å². The van der Waals surface area contributed by atoms with Gasteiger partial charge in [0.1, 0.15) is 0 Å². The van der Waals surface area contributed by atoms with Gasteiger partial charge in [0.25, 0.3) is 5.24 Å².